The van der Waals surface area contributed by atoms with Crippen LogP contribution in [-0.2, 0) is 10.0 Å². The van der Waals surface area contributed by atoms with Gasteiger partial charge in [0.25, 0.3) is 5.91 Å². The Labute approximate surface area is 183 Å². The van der Waals surface area contributed by atoms with E-state index in [-0.39, 0.29) is 26.9 Å². The fourth-order valence-electron chi connectivity index (χ4n) is 2.72. The lowest BCUT2D eigenvalue weighted by molar-refractivity contribution is 0.102. The van der Waals surface area contributed by atoms with Crippen molar-refractivity contribution in [2.75, 3.05) is 5.32 Å². The number of halogens is 2. The molecule has 0 aliphatic carbocycles. The molecule has 0 unspecified atom stereocenters. The predicted octanol–water partition coefficient (Wildman–Crippen LogP) is 3.09. The third kappa shape index (κ3) is 5.24. The highest BCUT2D eigenvalue weighted by Gasteiger charge is 2.25. The zero-order valence-electron chi connectivity index (χ0n) is 17.1. The number of sulfonamides is 1. The SMILES string of the molecule is Cc1nnnn1-c1cc(NC(=O)c2ccc(Cl)c(S(=O)(=O)NC(C)(C)C)c2)ccc1F. The van der Waals surface area contributed by atoms with Crippen LogP contribution in [0.5, 0.6) is 0 Å². The average molecular weight is 467 g/mol. The van der Waals surface area contributed by atoms with E-state index in [1.54, 1.807) is 27.7 Å². The van der Waals surface area contributed by atoms with Crippen molar-refractivity contribution in [3.05, 3.63) is 58.6 Å². The molecule has 1 amide bonds. The number of tetrazole rings is 1. The number of nitrogens with one attached hydrogen (secondary N) is 2. The molecule has 0 radical (unpaired) electrons. The molecule has 0 spiro atoms. The number of aromatic nitrogens is 4. The molecule has 2 N–H and O–H groups in total. The van der Waals surface area contributed by atoms with E-state index in [2.05, 4.69) is 25.6 Å². The molecule has 3 rings (SSSR count). The predicted molar refractivity (Wildman–Crippen MR) is 113 cm³/mol. The number of carbonyl (C=O) groups is 1. The van der Waals surface area contributed by atoms with E-state index in [1.165, 1.54) is 35.0 Å². The Morgan fingerprint density at radius 1 is 1.16 bits per heavy atom. The van der Waals surface area contributed by atoms with Crippen molar-refractivity contribution in [2.24, 2.45) is 0 Å². The van der Waals surface area contributed by atoms with E-state index in [0.29, 0.717) is 5.82 Å². The number of benzene rings is 2. The Morgan fingerprint density at radius 2 is 1.87 bits per heavy atom. The summed E-state index contributed by atoms with van der Waals surface area (Å²) in [4.78, 5) is 12.5. The molecule has 2 aromatic carbocycles. The zero-order valence-corrected chi connectivity index (χ0v) is 18.7. The van der Waals surface area contributed by atoms with Crippen LogP contribution in [0.4, 0.5) is 10.1 Å². The number of rotatable bonds is 5. The summed E-state index contributed by atoms with van der Waals surface area (Å²) in [6, 6.07) is 7.80. The van der Waals surface area contributed by atoms with Crippen molar-refractivity contribution in [3.8, 4) is 5.69 Å². The largest absolute Gasteiger partial charge is 0.322 e. The molecular formula is C19H20ClFN6O3S. The normalized spacial score (nSPS) is 12.1. The second-order valence-corrected chi connectivity index (χ2v) is 9.82. The van der Waals surface area contributed by atoms with Gasteiger partial charge in [0.05, 0.1) is 5.02 Å². The van der Waals surface area contributed by atoms with Gasteiger partial charge >= 0.3 is 0 Å². The van der Waals surface area contributed by atoms with Gasteiger partial charge in [-0.05, 0) is 74.5 Å². The fourth-order valence-corrected chi connectivity index (χ4v) is 4.66. The molecule has 1 aromatic heterocycles. The van der Waals surface area contributed by atoms with Gasteiger partial charge in [-0.1, -0.05) is 11.6 Å². The van der Waals surface area contributed by atoms with Gasteiger partial charge in [-0.25, -0.2) is 17.5 Å². The van der Waals surface area contributed by atoms with Gasteiger partial charge in [0, 0.05) is 16.8 Å². The summed E-state index contributed by atoms with van der Waals surface area (Å²) in [5.74, 6) is -0.822. The highest BCUT2D eigenvalue weighted by Crippen LogP contribution is 2.25. The molecule has 31 heavy (non-hydrogen) atoms. The van der Waals surface area contributed by atoms with Crippen LogP contribution in [0.15, 0.2) is 41.3 Å². The van der Waals surface area contributed by atoms with Crippen LogP contribution in [-0.4, -0.2) is 40.1 Å². The average Bonchev–Trinajstić information content (AvgIpc) is 3.07. The second-order valence-electron chi connectivity index (χ2n) is 7.76. The van der Waals surface area contributed by atoms with Gasteiger partial charge in [-0.2, -0.15) is 4.68 Å². The maximum atomic E-state index is 14.2. The first kappa shape index (κ1) is 22.8. The summed E-state index contributed by atoms with van der Waals surface area (Å²) < 4.78 is 43.2. The number of carbonyl (C=O) groups excluding carboxylic acids is 1. The van der Waals surface area contributed by atoms with Gasteiger partial charge in [-0.15, -0.1) is 5.10 Å². The molecule has 0 aliphatic rings. The van der Waals surface area contributed by atoms with E-state index in [1.807, 2.05) is 0 Å². The Balaban J connectivity index is 1.91. The Hall–Kier alpha value is -2.89. The van der Waals surface area contributed by atoms with E-state index in [4.69, 9.17) is 11.6 Å². The number of aryl methyl sites for hydroxylation is 1. The van der Waals surface area contributed by atoms with Crippen molar-refractivity contribution >= 4 is 33.2 Å². The highest BCUT2D eigenvalue weighted by molar-refractivity contribution is 7.89. The van der Waals surface area contributed by atoms with Crippen molar-refractivity contribution < 1.29 is 17.6 Å². The Kier molecular flexibility index (Phi) is 6.12. The second kappa shape index (κ2) is 8.33. The minimum absolute atomic E-state index is 0.0217. The summed E-state index contributed by atoms with van der Waals surface area (Å²) in [6.07, 6.45) is 0. The topological polar surface area (TPSA) is 119 Å². The molecular weight excluding hydrogens is 447 g/mol. The molecule has 0 fully saturated rings. The third-order valence-corrected chi connectivity index (χ3v) is 6.22. The molecule has 3 aromatic rings. The molecule has 9 nitrogen and oxygen atoms in total. The highest BCUT2D eigenvalue weighted by atomic mass is 35.5. The summed E-state index contributed by atoms with van der Waals surface area (Å²) >= 11 is 6.07. The van der Waals surface area contributed by atoms with E-state index in [9.17, 15) is 17.6 Å². The molecule has 1 heterocycles. The summed E-state index contributed by atoms with van der Waals surface area (Å²) in [5, 5.41) is 13.5. The molecule has 0 saturated carbocycles. The quantitative estimate of drug-likeness (QED) is 0.596. The lowest BCUT2D eigenvalue weighted by atomic mass is 10.1. The fraction of sp³-hybridized carbons (Fsp3) is 0.263. The van der Waals surface area contributed by atoms with E-state index in [0.717, 1.165) is 6.07 Å². The van der Waals surface area contributed by atoms with Gasteiger partial charge < -0.3 is 5.32 Å². The Bertz CT molecular complexity index is 1250. The van der Waals surface area contributed by atoms with Crippen LogP contribution in [0.2, 0.25) is 5.02 Å². The van der Waals surface area contributed by atoms with E-state index < -0.39 is 27.3 Å². The first-order valence-corrected chi connectivity index (χ1v) is 10.9. The van der Waals surface area contributed by atoms with Gasteiger partial charge in [-0.3, -0.25) is 4.79 Å². The number of hydrogen-bond acceptors (Lipinski definition) is 6. The van der Waals surface area contributed by atoms with Crippen molar-refractivity contribution in [2.45, 2.75) is 38.1 Å². The van der Waals surface area contributed by atoms with Crippen molar-refractivity contribution in [3.63, 3.8) is 0 Å². The molecule has 0 bridgehead atoms. The maximum absolute atomic E-state index is 14.2. The minimum Gasteiger partial charge on any atom is -0.322 e. The summed E-state index contributed by atoms with van der Waals surface area (Å²) in [7, 11) is -3.96. The monoisotopic (exact) mass is 466 g/mol. The number of anilines is 1. The summed E-state index contributed by atoms with van der Waals surface area (Å²) in [5.41, 5.74) is -0.361. The van der Waals surface area contributed by atoms with Crippen LogP contribution in [0.1, 0.15) is 37.0 Å². The lowest BCUT2D eigenvalue weighted by Gasteiger charge is -2.21. The van der Waals surface area contributed by atoms with Crippen LogP contribution in [0.3, 0.4) is 0 Å². The Morgan fingerprint density at radius 3 is 2.48 bits per heavy atom. The number of hydrogen-bond donors (Lipinski definition) is 2. The van der Waals surface area contributed by atoms with Gasteiger partial charge in [0.1, 0.15) is 16.4 Å². The molecule has 12 heteroatoms. The standard InChI is InChI=1S/C19H20ClFN6O3S/c1-11-23-25-26-27(11)16-10-13(6-8-15(16)21)22-18(28)12-5-7-14(20)17(9-12)31(29,30)24-19(2,3)4/h5-10,24H,1-4H3,(H,22,28). The molecule has 0 aliphatic heterocycles. The number of nitrogens with zero attached hydrogens (tertiary/aromatic N) is 4. The smallest absolute Gasteiger partial charge is 0.255 e. The van der Waals surface area contributed by atoms with Crippen molar-refractivity contribution in [1.29, 1.82) is 0 Å². The molecule has 0 atom stereocenters. The third-order valence-electron chi connectivity index (χ3n) is 3.98. The van der Waals surface area contributed by atoms with Crippen LogP contribution in [0.25, 0.3) is 5.69 Å². The van der Waals surface area contributed by atoms with Crippen LogP contribution in [0, 0.1) is 12.7 Å². The van der Waals surface area contributed by atoms with E-state index >= 15 is 0 Å². The van der Waals surface area contributed by atoms with Crippen LogP contribution >= 0.6 is 11.6 Å². The first-order valence-electron chi connectivity index (χ1n) is 9.07. The first-order chi connectivity index (χ1) is 14.4. The van der Waals surface area contributed by atoms with Crippen LogP contribution < -0.4 is 10.0 Å². The molecule has 0 saturated heterocycles. The van der Waals surface area contributed by atoms with Gasteiger partial charge in [0.15, 0.2) is 5.82 Å². The lowest BCUT2D eigenvalue weighted by Crippen LogP contribution is -2.40. The number of amides is 1. The summed E-state index contributed by atoms with van der Waals surface area (Å²) in [6.45, 7) is 6.67. The zero-order chi connectivity index (χ0) is 23.0. The maximum Gasteiger partial charge on any atom is 0.255 e. The van der Waals surface area contributed by atoms with Gasteiger partial charge in [0.2, 0.25) is 10.0 Å². The molecule has 164 valence electrons. The minimum atomic E-state index is -3.96. The van der Waals surface area contributed by atoms with Crippen molar-refractivity contribution in [1.82, 2.24) is 24.9 Å².